The first-order valence-electron chi connectivity index (χ1n) is 16.8. The fourth-order valence-corrected chi connectivity index (χ4v) is 6.56. The molecule has 2 amide bonds. The molecular formula is C38H46N6O4. The van der Waals surface area contributed by atoms with Crippen LogP contribution in [-0.4, -0.2) is 99.7 Å². The summed E-state index contributed by atoms with van der Waals surface area (Å²) < 4.78 is 11.1. The number of hydrogen-bond acceptors (Lipinski definition) is 8. The van der Waals surface area contributed by atoms with Crippen LogP contribution in [0.4, 0.5) is 5.69 Å². The number of piperidine rings is 1. The van der Waals surface area contributed by atoms with E-state index in [1.807, 2.05) is 12.1 Å². The topological polar surface area (TPSA) is 99.3 Å². The van der Waals surface area contributed by atoms with Crippen LogP contribution in [0.5, 0.6) is 11.5 Å². The van der Waals surface area contributed by atoms with E-state index in [1.54, 1.807) is 26.4 Å². The zero-order chi connectivity index (χ0) is 33.5. The fourth-order valence-electron chi connectivity index (χ4n) is 6.56. The number of carbonyl (C=O) groups is 2. The van der Waals surface area contributed by atoms with Gasteiger partial charge in [0.15, 0.2) is 11.5 Å². The molecule has 0 radical (unpaired) electrons. The van der Waals surface area contributed by atoms with Crippen molar-refractivity contribution < 1.29 is 19.1 Å². The van der Waals surface area contributed by atoms with Gasteiger partial charge in [0.05, 0.1) is 31.0 Å². The normalized spacial score (nSPS) is 16.1. The Morgan fingerprint density at radius 2 is 1.54 bits per heavy atom. The molecule has 3 aromatic carbocycles. The molecule has 48 heavy (non-hydrogen) atoms. The van der Waals surface area contributed by atoms with Gasteiger partial charge in [-0.25, -0.2) is 4.98 Å². The highest BCUT2D eigenvalue weighted by molar-refractivity contribution is 6.08. The number of rotatable bonds is 11. The van der Waals surface area contributed by atoms with Crippen LogP contribution in [0, 0.1) is 0 Å². The van der Waals surface area contributed by atoms with Crippen LogP contribution in [0.15, 0.2) is 72.8 Å². The second-order valence-corrected chi connectivity index (χ2v) is 12.7. The third kappa shape index (κ3) is 8.06. The largest absolute Gasteiger partial charge is 0.493 e. The number of piperazine rings is 1. The minimum atomic E-state index is -0.271. The first kappa shape index (κ1) is 33.2. The predicted molar refractivity (Wildman–Crippen MR) is 190 cm³/mol. The molecule has 4 aromatic rings. The van der Waals surface area contributed by atoms with Crippen molar-refractivity contribution in [3.63, 3.8) is 0 Å². The van der Waals surface area contributed by atoms with Crippen molar-refractivity contribution in [1.29, 1.82) is 0 Å². The van der Waals surface area contributed by atoms with Crippen molar-refractivity contribution in [3.8, 4) is 22.8 Å². The smallest absolute Gasteiger partial charge is 0.252 e. The Bertz CT molecular complexity index is 1700. The summed E-state index contributed by atoms with van der Waals surface area (Å²) in [5.74, 6) is 0.726. The number of fused-ring (bicyclic) bond motifs is 1. The van der Waals surface area contributed by atoms with E-state index in [4.69, 9.17) is 14.5 Å². The van der Waals surface area contributed by atoms with Crippen LogP contribution in [0.3, 0.4) is 0 Å². The number of ether oxygens (including phenoxy) is 2. The molecule has 10 nitrogen and oxygen atoms in total. The molecule has 2 fully saturated rings. The molecule has 0 unspecified atom stereocenters. The molecule has 0 saturated carbocycles. The van der Waals surface area contributed by atoms with Crippen LogP contribution < -0.4 is 25.0 Å². The van der Waals surface area contributed by atoms with E-state index in [1.165, 1.54) is 11.3 Å². The van der Waals surface area contributed by atoms with Crippen molar-refractivity contribution in [2.24, 2.45) is 0 Å². The van der Waals surface area contributed by atoms with Crippen molar-refractivity contribution in [1.82, 2.24) is 25.4 Å². The van der Waals surface area contributed by atoms with Gasteiger partial charge in [0.2, 0.25) is 5.91 Å². The molecule has 0 spiro atoms. The first-order chi connectivity index (χ1) is 23.4. The molecule has 1 aromatic heterocycles. The molecule has 0 aliphatic carbocycles. The molecule has 2 aliphatic heterocycles. The zero-order valence-corrected chi connectivity index (χ0v) is 28.2. The Labute approximate surface area is 283 Å². The number of nitrogens with one attached hydrogen (secondary N) is 2. The van der Waals surface area contributed by atoms with E-state index in [0.717, 1.165) is 64.2 Å². The van der Waals surface area contributed by atoms with Gasteiger partial charge < -0.3 is 29.9 Å². The number of nitrogens with zero attached hydrogens (tertiary/aromatic N) is 4. The molecular weight excluding hydrogens is 604 g/mol. The Morgan fingerprint density at radius 1 is 0.854 bits per heavy atom. The number of likely N-dealkylation sites (N-methyl/N-ethyl adjacent to an activating group) is 1. The summed E-state index contributed by atoms with van der Waals surface area (Å²) >= 11 is 0. The van der Waals surface area contributed by atoms with Crippen LogP contribution in [-0.2, 0) is 11.3 Å². The number of carbonyl (C=O) groups excluding carboxylic acids is 2. The van der Waals surface area contributed by atoms with Crippen molar-refractivity contribution in [2.45, 2.75) is 31.8 Å². The highest BCUT2D eigenvalue weighted by atomic mass is 16.5. The average Bonchev–Trinajstić information content (AvgIpc) is 3.12. The maximum Gasteiger partial charge on any atom is 0.252 e. The lowest BCUT2D eigenvalue weighted by atomic mass is 10.0. The quantitative estimate of drug-likeness (QED) is 0.244. The number of aromatic nitrogens is 1. The van der Waals surface area contributed by atoms with Crippen molar-refractivity contribution >= 4 is 28.4 Å². The first-order valence-corrected chi connectivity index (χ1v) is 16.8. The van der Waals surface area contributed by atoms with Crippen molar-refractivity contribution in [2.75, 3.05) is 72.0 Å². The van der Waals surface area contributed by atoms with E-state index in [2.05, 4.69) is 80.9 Å². The van der Waals surface area contributed by atoms with Crippen LogP contribution >= 0.6 is 0 Å². The van der Waals surface area contributed by atoms with Gasteiger partial charge in [-0.05, 0) is 49.7 Å². The third-order valence-electron chi connectivity index (χ3n) is 9.43. The lowest BCUT2D eigenvalue weighted by Crippen LogP contribution is -2.45. The highest BCUT2D eigenvalue weighted by Crippen LogP contribution is 2.35. The number of anilines is 1. The van der Waals surface area contributed by atoms with Gasteiger partial charge in [-0.2, -0.15) is 0 Å². The summed E-state index contributed by atoms with van der Waals surface area (Å²) in [6.45, 7) is 7.09. The van der Waals surface area contributed by atoms with Gasteiger partial charge >= 0.3 is 0 Å². The SMILES string of the molecule is COc1cc2nc(-c3ccc(N4CCN(C)CC4)cc3)cc(C(=O)NCCC(=O)NC3CCN(Cc4ccccc4)CC3)c2cc1OC. The number of likely N-dealkylation sites (tertiary alicyclic amines) is 1. The standard InChI is InChI=1S/C38H46N6O4/c1-42-19-21-44(22-20-42)30-11-9-28(10-12-30)33-23-32(31-24-35(47-2)36(48-3)25-34(31)41-33)38(46)39-16-13-37(45)40-29-14-17-43(18-15-29)26-27-7-5-4-6-8-27/h4-12,23-25,29H,13-22,26H2,1-3H3,(H,39,46)(H,40,45). The number of hydrogen-bond donors (Lipinski definition) is 2. The van der Waals surface area contributed by atoms with E-state index in [0.29, 0.717) is 33.7 Å². The van der Waals surface area contributed by atoms with Crippen LogP contribution in [0.25, 0.3) is 22.2 Å². The zero-order valence-electron chi connectivity index (χ0n) is 28.2. The Balaban J connectivity index is 1.10. The Hall–Kier alpha value is -4.67. The van der Waals surface area contributed by atoms with Gasteiger partial charge in [-0.15, -0.1) is 0 Å². The molecule has 2 saturated heterocycles. The second-order valence-electron chi connectivity index (χ2n) is 12.7. The van der Waals surface area contributed by atoms with Gasteiger partial charge in [0.1, 0.15) is 0 Å². The van der Waals surface area contributed by atoms with Gasteiger partial charge in [-0.3, -0.25) is 14.5 Å². The summed E-state index contributed by atoms with van der Waals surface area (Å²) in [6.07, 6.45) is 2.04. The summed E-state index contributed by atoms with van der Waals surface area (Å²) in [7, 11) is 5.30. The number of methoxy groups -OCH3 is 2. The van der Waals surface area contributed by atoms with E-state index in [9.17, 15) is 9.59 Å². The molecule has 2 aliphatic rings. The monoisotopic (exact) mass is 650 g/mol. The summed E-state index contributed by atoms with van der Waals surface area (Å²) in [4.78, 5) is 38.6. The molecule has 2 N–H and O–H groups in total. The molecule has 10 heteroatoms. The maximum absolute atomic E-state index is 13.7. The molecule has 3 heterocycles. The Kier molecular flexibility index (Phi) is 10.7. The summed E-state index contributed by atoms with van der Waals surface area (Å²) in [5, 5.41) is 6.80. The van der Waals surface area contributed by atoms with E-state index >= 15 is 0 Å². The van der Waals surface area contributed by atoms with Gasteiger partial charge in [0.25, 0.3) is 5.91 Å². The second kappa shape index (κ2) is 15.5. The van der Waals surface area contributed by atoms with E-state index in [-0.39, 0.29) is 30.8 Å². The molecule has 252 valence electrons. The lowest BCUT2D eigenvalue weighted by molar-refractivity contribution is -0.122. The van der Waals surface area contributed by atoms with Gasteiger partial charge in [-0.1, -0.05) is 42.5 Å². The summed E-state index contributed by atoms with van der Waals surface area (Å²) in [6, 6.07) is 24.4. The highest BCUT2D eigenvalue weighted by Gasteiger charge is 2.22. The minimum Gasteiger partial charge on any atom is -0.493 e. The molecule has 6 rings (SSSR count). The molecule has 0 atom stereocenters. The Morgan fingerprint density at radius 3 is 2.23 bits per heavy atom. The number of amides is 2. The van der Waals surface area contributed by atoms with Crippen LogP contribution in [0.2, 0.25) is 0 Å². The lowest BCUT2D eigenvalue weighted by Gasteiger charge is -2.34. The van der Waals surface area contributed by atoms with Crippen LogP contribution in [0.1, 0.15) is 35.2 Å². The fraction of sp³-hybridized carbons (Fsp3) is 0.395. The number of benzene rings is 3. The minimum absolute atomic E-state index is 0.0519. The average molecular weight is 651 g/mol. The predicted octanol–water partition coefficient (Wildman–Crippen LogP) is 4.57. The number of pyridine rings is 1. The van der Waals surface area contributed by atoms with Gasteiger partial charge in [0, 0.05) is 87.5 Å². The van der Waals surface area contributed by atoms with Crippen molar-refractivity contribution in [3.05, 3.63) is 83.9 Å². The molecule has 0 bridgehead atoms. The third-order valence-corrected chi connectivity index (χ3v) is 9.43. The maximum atomic E-state index is 13.7. The van der Waals surface area contributed by atoms with E-state index < -0.39 is 0 Å². The summed E-state index contributed by atoms with van der Waals surface area (Å²) in [5.41, 5.74) is 5.16.